The molecule has 1 fully saturated rings. The second-order valence-electron chi connectivity index (χ2n) is 4.84. The highest BCUT2D eigenvalue weighted by Crippen LogP contribution is 2.21. The molecule has 17 heavy (non-hydrogen) atoms. The van der Waals surface area contributed by atoms with Crippen molar-refractivity contribution in [2.75, 3.05) is 19.8 Å². The number of rotatable bonds is 3. The van der Waals surface area contributed by atoms with E-state index in [9.17, 15) is 0 Å². The van der Waals surface area contributed by atoms with Gasteiger partial charge in [-0.1, -0.05) is 30.3 Å². The number of hydrogen-bond acceptors (Lipinski definition) is 3. The van der Waals surface area contributed by atoms with Crippen LogP contribution in [-0.4, -0.2) is 36.7 Å². The summed E-state index contributed by atoms with van der Waals surface area (Å²) < 4.78 is 5.47. The summed E-state index contributed by atoms with van der Waals surface area (Å²) in [6, 6.07) is 11.2. The second-order valence-corrected chi connectivity index (χ2v) is 4.84. The van der Waals surface area contributed by atoms with E-state index in [-0.39, 0.29) is 6.04 Å². The highest BCUT2D eigenvalue weighted by molar-refractivity contribution is 5.20. The Morgan fingerprint density at radius 2 is 2.06 bits per heavy atom. The highest BCUT2D eigenvalue weighted by atomic mass is 16.5. The van der Waals surface area contributed by atoms with Crippen LogP contribution in [0.2, 0.25) is 0 Å². The molecule has 1 aliphatic rings. The summed E-state index contributed by atoms with van der Waals surface area (Å²) in [5, 5.41) is 0. The molecule has 2 N–H and O–H groups in total. The normalized spacial score (nSPS) is 25.5. The lowest BCUT2D eigenvalue weighted by Crippen LogP contribution is -2.51. The average Bonchev–Trinajstić information content (AvgIpc) is 2.39. The molecule has 94 valence electrons. The topological polar surface area (TPSA) is 38.5 Å². The van der Waals surface area contributed by atoms with Crippen LogP contribution in [0.1, 0.15) is 25.5 Å². The van der Waals surface area contributed by atoms with Crippen LogP contribution in [0.25, 0.3) is 0 Å². The Kier molecular flexibility index (Phi) is 4.15. The molecule has 1 saturated heterocycles. The van der Waals surface area contributed by atoms with Crippen molar-refractivity contribution in [2.24, 2.45) is 5.73 Å². The highest BCUT2D eigenvalue weighted by Gasteiger charge is 2.27. The van der Waals surface area contributed by atoms with Crippen LogP contribution >= 0.6 is 0 Å². The monoisotopic (exact) mass is 234 g/mol. The van der Waals surface area contributed by atoms with E-state index in [1.165, 1.54) is 5.56 Å². The van der Waals surface area contributed by atoms with Crippen molar-refractivity contribution in [1.29, 1.82) is 0 Å². The molecule has 3 unspecified atom stereocenters. The number of ether oxygens (including phenoxy) is 1. The predicted octanol–water partition coefficient (Wildman–Crippen LogP) is 1.80. The fourth-order valence-corrected chi connectivity index (χ4v) is 2.51. The molecule has 2 rings (SSSR count). The van der Waals surface area contributed by atoms with Gasteiger partial charge in [0.05, 0.1) is 13.2 Å². The first kappa shape index (κ1) is 12.6. The van der Waals surface area contributed by atoms with Gasteiger partial charge in [0, 0.05) is 24.7 Å². The molecule has 0 radical (unpaired) electrons. The third kappa shape index (κ3) is 2.86. The third-order valence-corrected chi connectivity index (χ3v) is 3.65. The lowest BCUT2D eigenvalue weighted by atomic mass is 9.99. The lowest BCUT2D eigenvalue weighted by molar-refractivity contribution is -0.0233. The molecule has 3 atom stereocenters. The second kappa shape index (κ2) is 5.63. The molecule has 1 aromatic rings. The van der Waals surface area contributed by atoms with Gasteiger partial charge in [0.2, 0.25) is 0 Å². The molecular formula is C14H22N2O. The maximum atomic E-state index is 6.35. The molecule has 0 aromatic heterocycles. The predicted molar refractivity (Wildman–Crippen MR) is 69.8 cm³/mol. The SMILES string of the molecule is CC1COCCN1C(C)C(N)c1ccccc1. The van der Waals surface area contributed by atoms with Crippen molar-refractivity contribution in [2.45, 2.75) is 32.0 Å². The quantitative estimate of drug-likeness (QED) is 0.866. The molecular weight excluding hydrogens is 212 g/mol. The molecule has 1 aliphatic heterocycles. The number of nitrogens with two attached hydrogens (primary N) is 1. The minimum atomic E-state index is 0.0664. The Balaban J connectivity index is 2.06. The van der Waals surface area contributed by atoms with E-state index in [1.54, 1.807) is 0 Å². The summed E-state index contributed by atoms with van der Waals surface area (Å²) in [6.45, 7) is 7.01. The number of morpholine rings is 1. The van der Waals surface area contributed by atoms with Gasteiger partial charge < -0.3 is 10.5 Å². The van der Waals surface area contributed by atoms with E-state index in [4.69, 9.17) is 10.5 Å². The van der Waals surface area contributed by atoms with Gasteiger partial charge in [0.15, 0.2) is 0 Å². The molecule has 3 heteroatoms. The van der Waals surface area contributed by atoms with E-state index in [1.807, 2.05) is 18.2 Å². The number of benzene rings is 1. The standard InChI is InChI=1S/C14H22N2O/c1-11-10-17-9-8-16(11)12(2)14(15)13-6-4-3-5-7-13/h3-7,11-12,14H,8-10,15H2,1-2H3. The Labute approximate surface area is 104 Å². The van der Waals surface area contributed by atoms with Crippen molar-refractivity contribution in [3.63, 3.8) is 0 Å². The summed E-state index contributed by atoms with van der Waals surface area (Å²) in [6.07, 6.45) is 0. The Morgan fingerprint density at radius 1 is 1.35 bits per heavy atom. The molecule has 1 heterocycles. The third-order valence-electron chi connectivity index (χ3n) is 3.65. The van der Waals surface area contributed by atoms with Gasteiger partial charge in [0.25, 0.3) is 0 Å². The van der Waals surface area contributed by atoms with Crippen LogP contribution in [0, 0.1) is 0 Å². The Hall–Kier alpha value is -0.900. The number of hydrogen-bond donors (Lipinski definition) is 1. The first-order valence-electron chi connectivity index (χ1n) is 6.34. The van der Waals surface area contributed by atoms with E-state index in [2.05, 4.69) is 30.9 Å². The van der Waals surface area contributed by atoms with Crippen LogP contribution in [-0.2, 0) is 4.74 Å². The maximum Gasteiger partial charge on any atom is 0.0619 e. The zero-order valence-corrected chi connectivity index (χ0v) is 10.7. The minimum Gasteiger partial charge on any atom is -0.379 e. The van der Waals surface area contributed by atoms with Gasteiger partial charge in [-0.05, 0) is 19.4 Å². The van der Waals surface area contributed by atoms with Crippen molar-refractivity contribution >= 4 is 0 Å². The summed E-state index contributed by atoms with van der Waals surface area (Å²) in [5.41, 5.74) is 7.56. The van der Waals surface area contributed by atoms with Crippen molar-refractivity contribution in [1.82, 2.24) is 4.90 Å². The fourth-order valence-electron chi connectivity index (χ4n) is 2.51. The van der Waals surface area contributed by atoms with Crippen LogP contribution in [0.5, 0.6) is 0 Å². The molecule has 0 bridgehead atoms. The van der Waals surface area contributed by atoms with Gasteiger partial charge in [-0.25, -0.2) is 0 Å². The molecule has 0 amide bonds. The lowest BCUT2D eigenvalue weighted by Gasteiger charge is -2.40. The van der Waals surface area contributed by atoms with Crippen molar-refractivity contribution < 1.29 is 4.74 Å². The van der Waals surface area contributed by atoms with Crippen molar-refractivity contribution in [3.05, 3.63) is 35.9 Å². The van der Waals surface area contributed by atoms with E-state index in [0.29, 0.717) is 12.1 Å². The van der Waals surface area contributed by atoms with Crippen LogP contribution < -0.4 is 5.73 Å². The van der Waals surface area contributed by atoms with Crippen LogP contribution in [0.3, 0.4) is 0 Å². The Bertz CT molecular complexity index is 341. The molecule has 0 aliphatic carbocycles. The Morgan fingerprint density at radius 3 is 2.71 bits per heavy atom. The fraction of sp³-hybridized carbons (Fsp3) is 0.571. The maximum absolute atomic E-state index is 6.35. The minimum absolute atomic E-state index is 0.0664. The smallest absolute Gasteiger partial charge is 0.0619 e. The van der Waals surface area contributed by atoms with Gasteiger partial charge >= 0.3 is 0 Å². The van der Waals surface area contributed by atoms with Gasteiger partial charge in [-0.3, -0.25) is 4.90 Å². The van der Waals surface area contributed by atoms with Gasteiger partial charge in [-0.15, -0.1) is 0 Å². The van der Waals surface area contributed by atoms with E-state index < -0.39 is 0 Å². The summed E-state index contributed by atoms with van der Waals surface area (Å²) in [4.78, 5) is 2.45. The first-order chi connectivity index (χ1) is 8.20. The first-order valence-corrected chi connectivity index (χ1v) is 6.34. The summed E-state index contributed by atoms with van der Waals surface area (Å²) in [5.74, 6) is 0. The molecule has 3 nitrogen and oxygen atoms in total. The summed E-state index contributed by atoms with van der Waals surface area (Å²) >= 11 is 0. The van der Waals surface area contributed by atoms with Gasteiger partial charge in [-0.2, -0.15) is 0 Å². The molecule has 0 spiro atoms. The van der Waals surface area contributed by atoms with E-state index >= 15 is 0 Å². The molecule has 1 aromatic carbocycles. The zero-order valence-electron chi connectivity index (χ0n) is 10.7. The average molecular weight is 234 g/mol. The van der Waals surface area contributed by atoms with Crippen LogP contribution in [0.15, 0.2) is 30.3 Å². The van der Waals surface area contributed by atoms with Crippen LogP contribution in [0.4, 0.5) is 0 Å². The van der Waals surface area contributed by atoms with E-state index in [0.717, 1.165) is 19.8 Å². The van der Waals surface area contributed by atoms with Gasteiger partial charge in [0.1, 0.15) is 0 Å². The summed E-state index contributed by atoms with van der Waals surface area (Å²) in [7, 11) is 0. The van der Waals surface area contributed by atoms with Crippen molar-refractivity contribution in [3.8, 4) is 0 Å². The zero-order chi connectivity index (χ0) is 12.3. The largest absolute Gasteiger partial charge is 0.379 e. The molecule has 0 saturated carbocycles. The number of nitrogens with zero attached hydrogens (tertiary/aromatic N) is 1.